The number of rotatable bonds is 7. The summed E-state index contributed by atoms with van der Waals surface area (Å²) in [6.45, 7) is 1.19. The van der Waals surface area contributed by atoms with Gasteiger partial charge in [-0.3, -0.25) is 9.52 Å². The zero-order chi connectivity index (χ0) is 22.6. The van der Waals surface area contributed by atoms with Crippen LogP contribution in [0, 0.1) is 11.7 Å². The summed E-state index contributed by atoms with van der Waals surface area (Å²) in [5.74, 6) is -1.01. The standard InChI is InChI=1S/C20H24FN3O5S2/c1-30(26,27)24-11-9-15(10-12-24)14-22-20(25)16-5-4-6-17(13-16)31(28,29)23-19-8-3-2-7-18(19)21/h2-8,13,15,23H,9-12,14H2,1H3,(H,22,25). The largest absolute Gasteiger partial charge is 0.352 e. The Morgan fingerprint density at radius 2 is 1.74 bits per heavy atom. The molecule has 0 aliphatic carbocycles. The van der Waals surface area contributed by atoms with E-state index in [1.54, 1.807) is 0 Å². The van der Waals surface area contributed by atoms with Gasteiger partial charge in [-0.25, -0.2) is 25.5 Å². The lowest BCUT2D eigenvalue weighted by Crippen LogP contribution is -2.41. The van der Waals surface area contributed by atoms with Gasteiger partial charge in [0.25, 0.3) is 15.9 Å². The zero-order valence-electron chi connectivity index (χ0n) is 16.9. The summed E-state index contributed by atoms with van der Waals surface area (Å²) in [7, 11) is -7.29. The highest BCUT2D eigenvalue weighted by atomic mass is 32.2. The molecule has 168 valence electrons. The van der Waals surface area contributed by atoms with E-state index in [0.29, 0.717) is 32.5 Å². The number of benzene rings is 2. The van der Waals surface area contributed by atoms with Crippen LogP contribution in [-0.2, 0) is 20.0 Å². The molecule has 1 amide bonds. The Bertz CT molecular complexity index is 1160. The maximum Gasteiger partial charge on any atom is 0.262 e. The van der Waals surface area contributed by atoms with Crippen LogP contribution in [0.25, 0.3) is 0 Å². The maximum atomic E-state index is 13.8. The number of anilines is 1. The van der Waals surface area contributed by atoms with E-state index in [-0.39, 0.29) is 22.1 Å². The van der Waals surface area contributed by atoms with Crippen LogP contribution >= 0.6 is 0 Å². The fourth-order valence-electron chi connectivity index (χ4n) is 3.34. The van der Waals surface area contributed by atoms with Crippen molar-refractivity contribution in [1.82, 2.24) is 9.62 Å². The van der Waals surface area contributed by atoms with Gasteiger partial charge in [0.05, 0.1) is 16.8 Å². The Hall–Kier alpha value is -2.50. The van der Waals surface area contributed by atoms with E-state index in [9.17, 15) is 26.0 Å². The van der Waals surface area contributed by atoms with Gasteiger partial charge < -0.3 is 5.32 Å². The van der Waals surface area contributed by atoms with E-state index < -0.39 is 31.8 Å². The van der Waals surface area contributed by atoms with Crippen molar-refractivity contribution in [3.63, 3.8) is 0 Å². The van der Waals surface area contributed by atoms with Crippen LogP contribution in [0.3, 0.4) is 0 Å². The predicted octanol–water partition coefficient (Wildman–Crippen LogP) is 2.03. The molecule has 1 heterocycles. The number of para-hydroxylation sites is 1. The first-order valence-electron chi connectivity index (χ1n) is 9.67. The van der Waals surface area contributed by atoms with E-state index in [0.717, 1.165) is 6.07 Å². The summed E-state index contributed by atoms with van der Waals surface area (Å²) in [6.07, 6.45) is 2.44. The van der Waals surface area contributed by atoms with Crippen LogP contribution in [0.4, 0.5) is 10.1 Å². The monoisotopic (exact) mass is 469 g/mol. The van der Waals surface area contributed by atoms with Gasteiger partial charge in [-0.1, -0.05) is 18.2 Å². The molecule has 2 aromatic carbocycles. The summed E-state index contributed by atoms with van der Waals surface area (Å²) in [5.41, 5.74) is -0.0252. The number of nitrogens with zero attached hydrogens (tertiary/aromatic N) is 1. The number of carbonyl (C=O) groups is 1. The number of hydrogen-bond donors (Lipinski definition) is 2. The molecule has 0 spiro atoms. The van der Waals surface area contributed by atoms with Gasteiger partial charge in [0, 0.05) is 25.2 Å². The molecule has 31 heavy (non-hydrogen) atoms. The van der Waals surface area contributed by atoms with Gasteiger partial charge in [0.1, 0.15) is 5.82 Å². The molecule has 1 fully saturated rings. The van der Waals surface area contributed by atoms with Crippen molar-refractivity contribution in [2.24, 2.45) is 5.92 Å². The number of hydrogen-bond acceptors (Lipinski definition) is 5. The fourth-order valence-corrected chi connectivity index (χ4v) is 5.32. The molecule has 1 aliphatic heterocycles. The first-order valence-corrected chi connectivity index (χ1v) is 13.0. The van der Waals surface area contributed by atoms with E-state index in [1.165, 1.54) is 53.0 Å². The number of amides is 1. The summed E-state index contributed by atoms with van der Waals surface area (Å²) in [6, 6.07) is 10.9. The average molecular weight is 470 g/mol. The fraction of sp³-hybridized carbons (Fsp3) is 0.350. The van der Waals surface area contributed by atoms with Gasteiger partial charge in [-0.05, 0) is 49.1 Å². The zero-order valence-corrected chi connectivity index (χ0v) is 18.5. The van der Waals surface area contributed by atoms with E-state index in [4.69, 9.17) is 0 Å². The molecule has 2 N–H and O–H groups in total. The highest BCUT2D eigenvalue weighted by Gasteiger charge is 2.25. The van der Waals surface area contributed by atoms with Crippen molar-refractivity contribution < 1.29 is 26.0 Å². The molecular weight excluding hydrogens is 445 g/mol. The molecular formula is C20H24FN3O5S2. The molecule has 0 unspecified atom stereocenters. The lowest BCUT2D eigenvalue weighted by atomic mass is 9.98. The molecule has 11 heteroatoms. The Labute approximate surface area is 181 Å². The third kappa shape index (κ3) is 6.02. The van der Waals surface area contributed by atoms with E-state index >= 15 is 0 Å². The minimum atomic E-state index is -4.08. The normalized spacial score (nSPS) is 16.1. The Morgan fingerprint density at radius 1 is 1.06 bits per heavy atom. The Morgan fingerprint density at radius 3 is 2.39 bits per heavy atom. The molecule has 2 aromatic rings. The first kappa shape index (κ1) is 23.2. The van der Waals surface area contributed by atoms with Crippen LogP contribution in [0.2, 0.25) is 0 Å². The predicted molar refractivity (Wildman–Crippen MR) is 115 cm³/mol. The highest BCUT2D eigenvalue weighted by molar-refractivity contribution is 7.92. The van der Waals surface area contributed by atoms with Crippen molar-refractivity contribution in [2.45, 2.75) is 17.7 Å². The maximum absolute atomic E-state index is 13.8. The number of sulfonamides is 2. The Kier molecular flexibility index (Phi) is 6.97. The van der Waals surface area contributed by atoms with E-state index in [1.807, 2.05) is 0 Å². The van der Waals surface area contributed by atoms with Crippen molar-refractivity contribution in [2.75, 3.05) is 30.6 Å². The van der Waals surface area contributed by atoms with Gasteiger partial charge in [-0.15, -0.1) is 0 Å². The molecule has 0 saturated carbocycles. The molecule has 1 saturated heterocycles. The van der Waals surface area contributed by atoms with Crippen LogP contribution in [0.1, 0.15) is 23.2 Å². The number of carbonyl (C=O) groups excluding carboxylic acids is 1. The SMILES string of the molecule is CS(=O)(=O)N1CCC(CNC(=O)c2cccc(S(=O)(=O)Nc3ccccc3F)c2)CC1. The minimum absolute atomic E-state index is 0.136. The van der Waals surface area contributed by atoms with Crippen molar-refractivity contribution in [1.29, 1.82) is 0 Å². The summed E-state index contributed by atoms with van der Waals surface area (Å²) >= 11 is 0. The lowest BCUT2D eigenvalue weighted by molar-refractivity contribution is 0.0941. The first-order chi connectivity index (χ1) is 14.6. The van der Waals surface area contributed by atoms with Crippen molar-refractivity contribution >= 4 is 31.6 Å². The second-order valence-electron chi connectivity index (χ2n) is 7.43. The molecule has 0 radical (unpaired) electrons. The molecule has 3 rings (SSSR count). The molecule has 0 bridgehead atoms. The third-order valence-corrected chi connectivity index (χ3v) is 7.78. The molecule has 0 atom stereocenters. The lowest BCUT2D eigenvalue weighted by Gasteiger charge is -2.30. The smallest absolute Gasteiger partial charge is 0.262 e. The highest BCUT2D eigenvalue weighted by Crippen LogP contribution is 2.21. The molecule has 1 aliphatic rings. The Balaban J connectivity index is 1.62. The van der Waals surface area contributed by atoms with Crippen LogP contribution in [0.15, 0.2) is 53.4 Å². The average Bonchev–Trinajstić information content (AvgIpc) is 2.73. The number of halogens is 1. The summed E-state index contributed by atoms with van der Waals surface area (Å²) in [5, 5.41) is 2.78. The quantitative estimate of drug-likeness (QED) is 0.644. The second-order valence-corrected chi connectivity index (χ2v) is 11.1. The number of piperidine rings is 1. The molecule has 8 nitrogen and oxygen atoms in total. The minimum Gasteiger partial charge on any atom is -0.352 e. The molecule has 0 aromatic heterocycles. The second kappa shape index (κ2) is 9.33. The van der Waals surface area contributed by atoms with Gasteiger partial charge in [0.2, 0.25) is 10.0 Å². The van der Waals surface area contributed by atoms with Crippen LogP contribution in [-0.4, -0.2) is 52.9 Å². The van der Waals surface area contributed by atoms with Crippen LogP contribution in [0.5, 0.6) is 0 Å². The van der Waals surface area contributed by atoms with Gasteiger partial charge in [-0.2, -0.15) is 0 Å². The van der Waals surface area contributed by atoms with E-state index in [2.05, 4.69) is 10.0 Å². The number of nitrogens with one attached hydrogen (secondary N) is 2. The van der Waals surface area contributed by atoms with Crippen molar-refractivity contribution in [3.05, 3.63) is 59.9 Å². The topological polar surface area (TPSA) is 113 Å². The third-order valence-electron chi connectivity index (χ3n) is 5.12. The van der Waals surface area contributed by atoms with Crippen LogP contribution < -0.4 is 10.0 Å². The summed E-state index contributed by atoms with van der Waals surface area (Å²) in [4.78, 5) is 12.3. The summed E-state index contributed by atoms with van der Waals surface area (Å²) < 4.78 is 65.7. The van der Waals surface area contributed by atoms with Gasteiger partial charge >= 0.3 is 0 Å². The van der Waals surface area contributed by atoms with Gasteiger partial charge in [0.15, 0.2) is 0 Å². The van der Waals surface area contributed by atoms with Crippen molar-refractivity contribution in [3.8, 4) is 0 Å².